The molecule has 27 heavy (non-hydrogen) atoms. The number of hydrogen-bond donors (Lipinski definition) is 0. The fraction of sp³-hybridized carbons (Fsp3) is 0.125. The maximum absolute atomic E-state index is 12.3. The Hall–Kier alpha value is -2.81. The van der Waals surface area contributed by atoms with Gasteiger partial charge in [-0.3, -0.25) is 9.32 Å². The van der Waals surface area contributed by atoms with Gasteiger partial charge in [-0.15, -0.1) is 4.91 Å². The third kappa shape index (κ3) is 5.85. The van der Waals surface area contributed by atoms with Gasteiger partial charge in [-0.2, -0.15) is 0 Å². The van der Waals surface area contributed by atoms with Crippen molar-refractivity contribution in [3.8, 4) is 11.5 Å². The number of benzene rings is 2. The molecule has 0 saturated heterocycles. The summed E-state index contributed by atoms with van der Waals surface area (Å²) in [7, 11) is 0.470. The molecule has 0 bridgehead atoms. The lowest BCUT2D eigenvalue weighted by Crippen LogP contribution is -2.12. The molecule has 1 unspecified atom stereocenters. The molecular formula is C16H13BNO8P. The predicted molar refractivity (Wildman–Crippen MR) is 94.2 cm³/mol. The molecule has 0 saturated carbocycles. The van der Waals surface area contributed by atoms with Crippen LogP contribution in [0.25, 0.3) is 0 Å². The van der Waals surface area contributed by atoms with E-state index in [2.05, 4.69) is 17.4 Å². The number of ether oxygens (including phenoxy) is 2. The molecule has 0 aliphatic rings. The number of nitrogens with zero attached hydrogens (tertiary/aromatic N) is 1. The summed E-state index contributed by atoms with van der Waals surface area (Å²) in [4.78, 5) is 35.9. The number of esters is 2. The maximum atomic E-state index is 12.3. The number of hydrogen-bond acceptors (Lipinski definition) is 8. The zero-order valence-electron chi connectivity index (χ0n) is 14.1. The van der Waals surface area contributed by atoms with Gasteiger partial charge in [0.2, 0.25) is 0 Å². The number of para-hydroxylation sites is 1. The van der Waals surface area contributed by atoms with E-state index in [-0.39, 0.29) is 23.7 Å². The maximum Gasteiger partial charge on any atom is 0.475 e. The van der Waals surface area contributed by atoms with E-state index in [0.29, 0.717) is 5.56 Å². The lowest BCUT2D eigenvalue weighted by Gasteiger charge is -2.10. The van der Waals surface area contributed by atoms with E-state index >= 15 is 0 Å². The molecule has 11 heteroatoms. The van der Waals surface area contributed by atoms with Gasteiger partial charge >= 0.3 is 19.7 Å². The monoisotopic (exact) mass is 389 g/mol. The number of carbonyl (C=O) groups excluding carboxylic acids is 2. The van der Waals surface area contributed by atoms with Crippen molar-refractivity contribution in [3.05, 3.63) is 64.6 Å². The molecule has 2 rings (SSSR count). The first kappa shape index (κ1) is 20.5. The third-order valence-corrected chi connectivity index (χ3v) is 4.04. The summed E-state index contributed by atoms with van der Waals surface area (Å²) in [6.07, 6.45) is 0. The minimum atomic E-state index is -4.22. The van der Waals surface area contributed by atoms with Crippen molar-refractivity contribution in [2.24, 2.45) is 4.95 Å². The molecule has 138 valence electrons. The first-order chi connectivity index (χ1) is 12.9. The van der Waals surface area contributed by atoms with E-state index in [1.807, 2.05) is 0 Å². The highest BCUT2D eigenvalue weighted by Gasteiger charge is 2.23. The molecule has 2 aromatic rings. The second-order valence-electron chi connectivity index (χ2n) is 5.05. The molecule has 0 amide bonds. The van der Waals surface area contributed by atoms with Crippen LogP contribution in [0.15, 0.2) is 53.5 Å². The Kier molecular flexibility index (Phi) is 7.01. The average molecular weight is 389 g/mol. The highest BCUT2D eigenvalue weighted by atomic mass is 31.2. The van der Waals surface area contributed by atoms with Crippen LogP contribution in [-0.4, -0.2) is 20.0 Å². The molecule has 0 spiro atoms. The van der Waals surface area contributed by atoms with Crippen LogP contribution < -0.4 is 9.47 Å². The Morgan fingerprint density at radius 1 is 1.07 bits per heavy atom. The van der Waals surface area contributed by atoms with Crippen LogP contribution in [0.4, 0.5) is 0 Å². The van der Waals surface area contributed by atoms with Gasteiger partial charge in [-0.05, 0) is 29.8 Å². The zero-order valence-corrected chi connectivity index (χ0v) is 15.0. The SMILES string of the molecule is [B]OP(=O)(N=O)OCc1ccc(OC(=O)c2ccccc2OC(C)=O)cc1. The van der Waals surface area contributed by atoms with Crippen molar-refractivity contribution in [1.82, 2.24) is 0 Å². The van der Waals surface area contributed by atoms with Crippen molar-refractivity contribution in [3.63, 3.8) is 0 Å². The summed E-state index contributed by atoms with van der Waals surface area (Å²) < 4.78 is 30.3. The quantitative estimate of drug-likeness (QED) is 0.222. The Balaban J connectivity index is 2.04. The van der Waals surface area contributed by atoms with Crippen LogP contribution in [0.2, 0.25) is 0 Å². The summed E-state index contributed by atoms with van der Waals surface area (Å²) in [6.45, 7) is 0.960. The van der Waals surface area contributed by atoms with Crippen LogP contribution in [0.3, 0.4) is 0 Å². The summed E-state index contributed by atoms with van der Waals surface area (Å²) in [5.41, 5.74) is 0.578. The van der Waals surface area contributed by atoms with Gasteiger partial charge in [0.25, 0.3) is 8.05 Å². The molecule has 1 atom stereocenters. The Morgan fingerprint density at radius 3 is 2.33 bits per heavy atom. The predicted octanol–water partition coefficient (Wildman–Crippen LogP) is 3.32. The highest BCUT2D eigenvalue weighted by Crippen LogP contribution is 2.48. The van der Waals surface area contributed by atoms with Crippen LogP contribution in [-0.2, 0) is 24.9 Å². The van der Waals surface area contributed by atoms with Crippen molar-refractivity contribution < 1.29 is 32.6 Å². The van der Waals surface area contributed by atoms with E-state index in [9.17, 15) is 19.1 Å². The van der Waals surface area contributed by atoms with Gasteiger partial charge < -0.3 is 13.9 Å². The summed E-state index contributed by atoms with van der Waals surface area (Å²) >= 11 is 0. The van der Waals surface area contributed by atoms with Crippen molar-refractivity contribution >= 4 is 27.7 Å². The van der Waals surface area contributed by atoms with Gasteiger partial charge in [-0.1, -0.05) is 24.3 Å². The number of nitroso groups, excluding NO2 is 1. The van der Waals surface area contributed by atoms with Gasteiger partial charge in [0.15, 0.2) is 0 Å². The van der Waals surface area contributed by atoms with Gasteiger partial charge in [-0.25, -0.2) is 9.36 Å². The van der Waals surface area contributed by atoms with E-state index < -0.39 is 19.7 Å². The lowest BCUT2D eigenvalue weighted by atomic mass is 10.2. The van der Waals surface area contributed by atoms with Crippen molar-refractivity contribution in [2.75, 3.05) is 0 Å². The smallest absolute Gasteiger partial charge is 0.426 e. The van der Waals surface area contributed by atoms with Crippen molar-refractivity contribution in [2.45, 2.75) is 13.5 Å². The van der Waals surface area contributed by atoms with Crippen LogP contribution in [0.1, 0.15) is 22.8 Å². The molecular weight excluding hydrogens is 376 g/mol. The lowest BCUT2D eigenvalue weighted by molar-refractivity contribution is -0.131. The second-order valence-corrected chi connectivity index (χ2v) is 6.62. The van der Waals surface area contributed by atoms with Gasteiger partial charge in [0.1, 0.15) is 17.1 Å². The minimum Gasteiger partial charge on any atom is -0.426 e. The molecule has 2 radical (unpaired) electrons. The Labute approximate surface area is 155 Å². The Morgan fingerprint density at radius 2 is 1.74 bits per heavy atom. The molecule has 9 nitrogen and oxygen atoms in total. The van der Waals surface area contributed by atoms with E-state index in [1.165, 1.54) is 43.3 Å². The average Bonchev–Trinajstić information content (AvgIpc) is 2.67. The normalized spacial score (nSPS) is 12.6. The van der Waals surface area contributed by atoms with Crippen LogP contribution in [0, 0.1) is 4.91 Å². The molecule has 0 aliphatic carbocycles. The first-order valence-corrected chi connectivity index (χ1v) is 8.93. The minimum absolute atomic E-state index is 0.0817. The molecule has 2 aromatic carbocycles. The van der Waals surface area contributed by atoms with Crippen LogP contribution >= 0.6 is 7.75 Å². The van der Waals surface area contributed by atoms with Crippen LogP contribution in [0.5, 0.6) is 11.5 Å². The largest absolute Gasteiger partial charge is 0.475 e. The van der Waals surface area contributed by atoms with E-state index in [1.54, 1.807) is 12.1 Å². The first-order valence-electron chi connectivity index (χ1n) is 7.43. The second kappa shape index (κ2) is 9.22. The number of carbonyl (C=O) groups is 2. The van der Waals surface area contributed by atoms with Gasteiger partial charge in [0, 0.05) is 11.9 Å². The molecule has 0 aromatic heterocycles. The summed E-state index contributed by atoms with van der Waals surface area (Å²) in [5.74, 6) is -1.00. The van der Waals surface area contributed by atoms with E-state index in [0.717, 1.165) is 0 Å². The molecule has 0 N–H and O–H groups in total. The zero-order chi connectivity index (χ0) is 19.9. The topological polar surface area (TPSA) is 118 Å². The fourth-order valence-electron chi connectivity index (χ4n) is 1.92. The highest BCUT2D eigenvalue weighted by molar-refractivity contribution is 7.53. The fourth-order valence-corrected chi connectivity index (χ4v) is 2.38. The van der Waals surface area contributed by atoms with E-state index in [4.69, 9.17) is 14.0 Å². The summed E-state index contributed by atoms with van der Waals surface area (Å²) in [5, 5.41) is 0. The summed E-state index contributed by atoms with van der Waals surface area (Å²) in [6, 6.07) is 12.1. The number of rotatable bonds is 8. The van der Waals surface area contributed by atoms with Crippen molar-refractivity contribution in [1.29, 1.82) is 0 Å². The molecule has 0 aliphatic heterocycles. The van der Waals surface area contributed by atoms with Gasteiger partial charge in [0.05, 0.1) is 6.61 Å². The third-order valence-electron chi connectivity index (χ3n) is 3.12. The molecule has 0 heterocycles. The standard InChI is InChI=1S/C16H13BNO8P/c1-11(19)24-15-5-3-2-4-14(15)16(20)25-13-8-6-12(7-9-13)10-23-27(22,18-21)26-17/h2-9H,10H2,1H3. The Bertz CT molecular complexity index is 886. The molecule has 0 fully saturated rings.